The van der Waals surface area contributed by atoms with Crippen LogP contribution < -0.4 is 5.46 Å². The van der Waals surface area contributed by atoms with Crippen molar-refractivity contribution in [3.05, 3.63) is 29.3 Å². The molecule has 0 amide bonds. The molecular formula is C10H7BO10. The molecule has 0 radical (unpaired) electrons. The molecule has 0 saturated carbocycles. The number of benzene rings is 1. The van der Waals surface area contributed by atoms with Crippen molar-refractivity contribution in [2.75, 3.05) is 0 Å². The van der Waals surface area contributed by atoms with Crippen LogP contribution >= 0.6 is 0 Å². The minimum atomic E-state index is -2.13. The molecule has 21 heavy (non-hydrogen) atoms. The van der Waals surface area contributed by atoms with Crippen LogP contribution in [-0.4, -0.2) is 51.8 Å². The van der Waals surface area contributed by atoms with Crippen molar-refractivity contribution in [1.82, 2.24) is 0 Å². The molecule has 1 aromatic carbocycles. The molecule has 0 aliphatic carbocycles. The topological polar surface area (TPSA) is 168 Å². The summed E-state index contributed by atoms with van der Waals surface area (Å²) in [4.78, 5) is 43.1. The molecule has 1 rings (SSSR count). The van der Waals surface area contributed by atoms with E-state index in [1.54, 1.807) is 0 Å². The van der Waals surface area contributed by atoms with E-state index in [0.717, 1.165) is 18.2 Å². The summed E-state index contributed by atoms with van der Waals surface area (Å²) in [5.74, 6) is -3.31. The van der Waals surface area contributed by atoms with E-state index in [2.05, 4.69) is 9.31 Å². The maximum Gasteiger partial charge on any atom is 0.642 e. The van der Waals surface area contributed by atoms with Crippen LogP contribution in [0.1, 0.15) is 20.7 Å². The first-order chi connectivity index (χ1) is 9.73. The van der Waals surface area contributed by atoms with Crippen LogP contribution in [-0.2, 0) is 9.31 Å². The smallest absolute Gasteiger partial charge is 0.478 e. The lowest BCUT2D eigenvalue weighted by molar-refractivity contribution is 0.0652. The second kappa shape index (κ2) is 6.28. The van der Waals surface area contributed by atoms with Gasteiger partial charge in [0.2, 0.25) is 0 Å². The van der Waals surface area contributed by atoms with Gasteiger partial charge >= 0.3 is 31.4 Å². The summed E-state index contributed by atoms with van der Waals surface area (Å²) in [6.45, 7) is 0. The third-order valence-electron chi connectivity index (χ3n) is 2.21. The van der Waals surface area contributed by atoms with Gasteiger partial charge < -0.3 is 29.7 Å². The summed E-state index contributed by atoms with van der Waals surface area (Å²) < 4.78 is 8.26. The standard InChI is InChI=1S/C10H7BO10/c12-7(13)4-2-1-3-5(6(4)8(14)15)11(20-9(16)17)21-10(18)19/h1-3H,(H,12,13)(H,14,15)(H,16,17)(H,18,19). The Morgan fingerprint density at radius 1 is 0.857 bits per heavy atom. The van der Waals surface area contributed by atoms with Gasteiger partial charge in [0.1, 0.15) is 0 Å². The predicted octanol–water partition coefficient (Wildman–Crippen LogP) is 0.167. The second-order valence-electron chi connectivity index (χ2n) is 3.48. The lowest BCUT2D eigenvalue weighted by Crippen LogP contribution is -2.43. The maximum absolute atomic E-state index is 11.2. The molecule has 0 bridgehead atoms. The molecule has 0 aromatic heterocycles. The van der Waals surface area contributed by atoms with Crippen molar-refractivity contribution >= 4 is 36.8 Å². The molecule has 0 aliphatic rings. The number of hydrogen-bond acceptors (Lipinski definition) is 6. The van der Waals surface area contributed by atoms with Crippen LogP contribution in [0.4, 0.5) is 9.59 Å². The molecule has 1 aromatic rings. The van der Waals surface area contributed by atoms with Gasteiger partial charge in [-0.1, -0.05) is 12.1 Å². The van der Waals surface area contributed by atoms with Gasteiger partial charge in [-0.15, -0.1) is 0 Å². The van der Waals surface area contributed by atoms with Crippen molar-refractivity contribution < 1.29 is 48.9 Å². The first-order valence-corrected chi connectivity index (χ1v) is 5.12. The SMILES string of the molecule is O=C(O)OB(OC(=O)O)c1cccc(C(=O)O)c1C(=O)O. The molecular weight excluding hydrogens is 291 g/mol. The number of rotatable bonds is 5. The Bertz CT molecular complexity index is 594. The van der Waals surface area contributed by atoms with E-state index in [1.807, 2.05) is 0 Å². The molecule has 110 valence electrons. The van der Waals surface area contributed by atoms with Gasteiger partial charge in [-0.2, -0.15) is 0 Å². The van der Waals surface area contributed by atoms with E-state index in [4.69, 9.17) is 20.4 Å². The van der Waals surface area contributed by atoms with E-state index in [1.165, 1.54) is 0 Å². The Labute approximate surface area is 116 Å². The average Bonchev–Trinajstić information content (AvgIpc) is 2.35. The maximum atomic E-state index is 11.2. The molecule has 0 heterocycles. The fourth-order valence-corrected chi connectivity index (χ4v) is 1.52. The molecule has 10 nitrogen and oxygen atoms in total. The molecule has 0 fully saturated rings. The Balaban J connectivity index is 3.45. The molecule has 0 spiro atoms. The van der Waals surface area contributed by atoms with Gasteiger partial charge in [0.25, 0.3) is 0 Å². The molecule has 0 aliphatic heterocycles. The van der Waals surface area contributed by atoms with E-state index >= 15 is 0 Å². The van der Waals surface area contributed by atoms with Gasteiger partial charge in [-0.3, -0.25) is 0 Å². The Morgan fingerprint density at radius 3 is 1.76 bits per heavy atom. The first kappa shape index (κ1) is 15.8. The minimum Gasteiger partial charge on any atom is -0.478 e. The van der Waals surface area contributed by atoms with Crippen LogP contribution in [0, 0.1) is 0 Å². The van der Waals surface area contributed by atoms with E-state index in [-0.39, 0.29) is 0 Å². The minimum absolute atomic E-state index is 0.563. The fraction of sp³-hybridized carbons (Fsp3) is 0. The molecule has 0 saturated heterocycles. The number of carboxylic acids is 2. The van der Waals surface area contributed by atoms with Crippen molar-refractivity contribution in [1.29, 1.82) is 0 Å². The van der Waals surface area contributed by atoms with E-state index in [9.17, 15) is 19.2 Å². The van der Waals surface area contributed by atoms with Gasteiger partial charge in [-0.25, -0.2) is 19.2 Å². The Hall–Kier alpha value is -3.24. The Morgan fingerprint density at radius 2 is 1.38 bits per heavy atom. The van der Waals surface area contributed by atoms with Gasteiger partial charge in [0.15, 0.2) is 0 Å². The summed E-state index contributed by atoms with van der Waals surface area (Å²) in [5.41, 5.74) is -2.07. The van der Waals surface area contributed by atoms with Gasteiger partial charge in [0, 0.05) is 5.46 Å². The third-order valence-corrected chi connectivity index (χ3v) is 2.21. The monoisotopic (exact) mass is 298 g/mol. The highest BCUT2D eigenvalue weighted by molar-refractivity contribution is 6.65. The summed E-state index contributed by atoms with van der Waals surface area (Å²) in [7, 11) is -2.13. The summed E-state index contributed by atoms with van der Waals surface area (Å²) >= 11 is 0. The molecule has 4 N–H and O–H groups in total. The number of carboxylic acid groups (broad SMARTS) is 4. The zero-order valence-corrected chi connectivity index (χ0v) is 10.0. The number of carbonyl (C=O) groups is 4. The lowest BCUT2D eigenvalue weighted by atomic mass is 9.74. The summed E-state index contributed by atoms with van der Waals surface area (Å²) in [6.07, 6.45) is -3.86. The van der Waals surface area contributed by atoms with Crippen LogP contribution in [0.2, 0.25) is 0 Å². The second-order valence-corrected chi connectivity index (χ2v) is 3.48. The van der Waals surface area contributed by atoms with E-state index in [0.29, 0.717) is 0 Å². The van der Waals surface area contributed by atoms with Crippen molar-refractivity contribution in [3.63, 3.8) is 0 Å². The summed E-state index contributed by atoms with van der Waals surface area (Å²) in [5, 5.41) is 35.0. The predicted molar refractivity (Wildman–Crippen MR) is 64.0 cm³/mol. The highest BCUT2D eigenvalue weighted by Gasteiger charge is 2.36. The van der Waals surface area contributed by atoms with Crippen molar-refractivity contribution in [3.8, 4) is 0 Å². The fourth-order valence-electron chi connectivity index (χ4n) is 1.52. The van der Waals surface area contributed by atoms with Crippen LogP contribution in [0.15, 0.2) is 18.2 Å². The lowest BCUT2D eigenvalue weighted by Gasteiger charge is -2.13. The largest absolute Gasteiger partial charge is 0.642 e. The highest BCUT2D eigenvalue weighted by Crippen LogP contribution is 2.09. The van der Waals surface area contributed by atoms with Gasteiger partial charge in [-0.05, 0) is 6.07 Å². The highest BCUT2D eigenvalue weighted by atomic mass is 16.7. The number of hydrogen-bond donors (Lipinski definition) is 4. The first-order valence-electron chi connectivity index (χ1n) is 5.12. The Kier molecular flexibility index (Phi) is 4.73. The zero-order valence-electron chi connectivity index (χ0n) is 10.0. The number of aromatic carboxylic acids is 2. The van der Waals surface area contributed by atoms with Crippen LogP contribution in [0.5, 0.6) is 0 Å². The summed E-state index contributed by atoms with van der Waals surface area (Å²) in [6, 6.07) is 3.02. The van der Waals surface area contributed by atoms with E-state index < -0.39 is 48.0 Å². The average molecular weight is 298 g/mol. The quantitative estimate of drug-likeness (QED) is 0.549. The van der Waals surface area contributed by atoms with Crippen molar-refractivity contribution in [2.45, 2.75) is 0 Å². The van der Waals surface area contributed by atoms with Crippen LogP contribution in [0.25, 0.3) is 0 Å². The van der Waals surface area contributed by atoms with Crippen LogP contribution in [0.3, 0.4) is 0 Å². The molecule has 0 unspecified atom stereocenters. The van der Waals surface area contributed by atoms with Crippen molar-refractivity contribution in [2.24, 2.45) is 0 Å². The normalized spacial score (nSPS) is 9.52. The molecule has 0 atom stereocenters. The third kappa shape index (κ3) is 3.86. The molecule has 11 heteroatoms. The zero-order chi connectivity index (χ0) is 16.2. The van der Waals surface area contributed by atoms with Gasteiger partial charge in [0.05, 0.1) is 11.1 Å².